The lowest BCUT2D eigenvalue weighted by atomic mass is 9.98. The first-order valence-corrected chi connectivity index (χ1v) is 7.67. The van der Waals surface area contributed by atoms with Crippen LogP contribution in [0.3, 0.4) is 0 Å². The van der Waals surface area contributed by atoms with Crippen molar-refractivity contribution in [3.05, 3.63) is 35.4 Å². The minimum absolute atomic E-state index is 0.113. The molecule has 1 unspecified atom stereocenters. The van der Waals surface area contributed by atoms with Crippen LogP contribution in [-0.4, -0.2) is 17.6 Å². The third-order valence-corrected chi connectivity index (χ3v) is 3.48. The van der Waals surface area contributed by atoms with E-state index < -0.39 is 0 Å². The lowest BCUT2D eigenvalue weighted by Crippen LogP contribution is -2.30. The zero-order valence-corrected chi connectivity index (χ0v) is 13.0. The van der Waals surface area contributed by atoms with Gasteiger partial charge in [0.2, 0.25) is 5.91 Å². The number of carbonyl (C=O) groups excluding carboxylic acids is 1. The Kier molecular flexibility index (Phi) is 8.23. The summed E-state index contributed by atoms with van der Waals surface area (Å²) in [7, 11) is 0. The molecular weight excluding hydrogens is 262 g/mol. The molecular formula is C18H25NO2. The van der Waals surface area contributed by atoms with E-state index in [4.69, 9.17) is 5.11 Å². The highest BCUT2D eigenvalue weighted by Crippen LogP contribution is 2.13. The van der Waals surface area contributed by atoms with E-state index in [0.717, 1.165) is 36.8 Å². The molecule has 1 atom stereocenters. The molecule has 0 aliphatic heterocycles. The van der Waals surface area contributed by atoms with Gasteiger partial charge in [0.1, 0.15) is 6.61 Å². The summed E-state index contributed by atoms with van der Waals surface area (Å²) in [6.07, 6.45) is 4.06. The summed E-state index contributed by atoms with van der Waals surface area (Å²) in [6, 6.07) is 7.72. The Balaban J connectivity index is 2.55. The summed E-state index contributed by atoms with van der Waals surface area (Å²) in [4.78, 5) is 12.1. The molecule has 114 valence electrons. The maximum atomic E-state index is 12.1. The van der Waals surface area contributed by atoms with Crippen molar-refractivity contribution >= 4 is 5.91 Å². The highest BCUT2D eigenvalue weighted by atomic mass is 16.2. The Morgan fingerprint density at radius 2 is 2.19 bits per heavy atom. The zero-order chi connectivity index (χ0) is 15.5. The molecule has 0 heterocycles. The van der Waals surface area contributed by atoms with Gasteiger partial charge in [-0.2, -0.15) is 0 Å². The van der Waals surface area contributed by atoms with Gasteiger partial charge in [-0.25, -0.2) is 0 Å². The fourth-order valence-electron chi connectivity index (χ4n) is 2.21. The van der Waals surface area contributed by atoms with Crippen molar-refractivity contribution in [3.8, 4) is 11.8 Å². The molecule has 0 radical (unpaired) electrons. The van der Waals surface area contributed by atoms with Gasteiger partial charge in [0.15, 0.2) is 0 Å². The molecule has 0 aromatic heterocycles. The molecule has 1 aromatic carbocycles. The average molecular weight is 287 g/mol. The minimum Gasteiger partial charge on any atom is -0.384 e. The smallest absolute Gasteiger partial charge is 0.223 e. The van der Waals surface area contributed by atoms with Crippen LogP contribution < -0.4 is 5.32 Å². The van der Waals surface area contributed by atoms with Crippen molar-refractivity contribution in [2.75, 3.05) is 6.61 Å². The fourth-order valence-corrected chi connectivity index (χ4v) is 2.21. The van der Waals surface area contributed by atoms with Crippen molar-refractivity contribution in [3.63, 3.8) is 0 Å². The quantitative estimate of drug-likeness (QED) is 0.758. The predicted molar refractivity (Wildman–Crippen MR) is 85.6 cm³/mol. The molecule has 21 heavy (non-hydrogen) atoms. The van der Waals surface area contributed by atoms with Gasteiger partial charge in [-0.05, 0) is 30.5 Å². The zero-order valence-electron chi connectivity index (χ0n) is 13.0. The second kappa shape index (κ2) is 10.0. The number of amides is 1. The molecule has 2 N–H and O–H groups in total. The number of benzene rings is 1. The SMILES string of the molecule is CCCCC(CC)C(=O)NCc1cccc(C#CCO)c1. The molecule has 1 amide bonds. The number of aliphatic hydroxyl groups is 1. The van der Waals surface area contributed by atoms with Crippen molar-refractivity contribution in [2.45, 2.75) is 46.1 Å². The minimum atomic E-state index is -0.142. The van der Waals surface area contributed by atoms with Crippen LogP contribution in [0.5, 0.6) is 0 Å². The Morgan fingerprint density at radius 3 is 2.86 bits per heavy atom. The monoisotopic (exact) mass is 287 g/mol. The van der Waals surface area contributed by atoms with E-state index >= 15 is 0 Å². The summed E-state index contributed by atoms with van der Waals surface area (Å²) < 4.78 is 0. The molecule has 0 saturated carbocycles. The Hall–Kier alpha value is -1.79. The summed E-state index contributed by atoms with van der Waals surface area (Å²) in [6.45, 7) is 4.58. The first-order valence-electron chi connectivity index (χ1n) is 7.67. The van der Waals surface area contributed by atoms with Crippen molar-refractivity contribution < 1.29 is 9.90 Å². The van der Waals surface area contributed by atoms with Gasteiger partial charge in [0, 0.05) is 18.0 Å². The first kappa shape index (κ1) is 17.3. The molecule has 1 rings (SSSR count). The van der Waals surface area contributed by atoms with Crippen LogP contribution in [0.15, 0.2) is 24.3 Å². The molecule has 3 nitrogen and oxygen atoms in total. The highest BCUT2D eigenvalue weighted by Gasteiger charge is 2.15. The second-order valence-electron chi connectivity index (χ2n) is 5.13. The number of unbranched alkanes of at least 4 members (excludes halogenated alkanes) is 1. The van der Waals surface area contributed by atoms with Crippen LogP contribution in [0.2, 0.25) is 0 Å². The van der Waals surface area contributed by atoms with Crippen LogP contribution >= 0.6 is 0 Å². The van der Waals surface area contributed by atoms with E-state index in [1.807, 2.05) is 24.3 Å². The summed E-state index contributed by atoms with van der Waals surface area (Å²) in [5.74, 6) is 5.75. The van der Waals surface area contributed by atoms with Gasteiger partial charge >= 0.3 is 0 Å². The summed E-state index contributed by atoms with van der Waals surface area (Å²) in [5.41, 5.74) is 1.88. The van der Waals surface area contributed by atoms with Crippen LogP contribution in [0.1, 0.15) is 50.7 Å². The topological polar surface area (TPSA) is 49.3 Å². The third kappa shape index (κ3) is 6.46. The van der Waals surface area contributed by atoms with Crippen LogP contribution in [0.4, 0.5) is 0 Å². The fraction of sp³-hybridized carbons (Fsp3) is 0.500. The molecule has 0 aliphatic carbocycles. The lowest BCUT2D eigenvalue weighted by molar-refractivity contribution is -0.125. The Morgan fingerprint density at radius 1 is 1.38 bits per heavy atom. The maximum absolute atomic E-state index is 12.1. The van der Waals surface area contributed by atoms with E-state index in [0.29, 0.717) is 6.54 Å². The number of hydrogen-bond donors (Lipinski definition) is 2. The molecule has 0 bridgehead atoms. The molecule has 3 heteroatoms. The summed E-state index contributed by atoms with van der Waals surface area (Å²) >= 11 is 0. The van der Waals surface area contributed by atoms with E-state index in [9.17, 15) is 4.79 Å². The van der Waals surface area contributed by atoms with Gasteiger partial charge < -0.3 is 10.4 Å². The summed E-state index contributed by atoms with van der Waals surface area (Å²) in [5, 5.41) is 11.7. The number of hydrogen-bond acceptors (Lipinski definition) is 2. The van der Waals surface area contributed by atoms with Gasteiger partial charge in [0.25, 0.3) is 0 Å². The van der Waals surface area contributed by atoms with Crippen LogP contribution in [0, 0.1) is 17.8 Å². The van der Waals surface area contributed by atoms with E-state index in [1.54, 1.807) is 0 Å². The van der Waals surface area contributed by atoms with Crippen molar-refractivity contribution in [2.24, 2.45) is 5.92 Å². The number of nitrogens with one attached hydrogen (secondary N) is 1. The number of rotatable bonds is 7. The van der Waals surface area contributed by atoms with Gasteiger partial charge in [-0.3, -0.25) is 4.79 Å². The standard InChI is InChI=1S/C18H25NO2/c1-3-5-11-17(4-2)18(21)19-14-16-9-6-8-15(13-16)10-7-12-20/h6,8-9,13,17,20H,3-5,11-12,14H2,1-2H3,(H,19,21). The molecule has 0 aliphatic rings. The predicted octanol–water partition coefficient (Wildman–Crippen LogP) is 2.86. The highest BCUT2D eigenvalue weighted by molar-refractivity contribution is 5.78. The van der Waals surface area contributed by atoms with Gasteiger partial charge in [-0.1, -0.05) is 50.7 Å². The lowest BCUT2D eigenvalue weighted by Gasteiger charge is -2.14. The number of carbonyl (C=O) groups is 1. The molecule has 0 spiro atoms. The van der Waals surface area contributed by atoms with E-state index in [-0.39, 0.29) is 18.4 Å². The first-order chi connectivity index (χ1) is 10.2. The Bertz CT molecular complexity index is 499. The third-order valence-electron chi connectivity index (χ3n) is 3.48. The maximum Gasteiger partial charge on any atom is 0.223 e. The molecule has 0 fully saturated rings. The molecule has 1 aromatic rings. The van der Waals surface area contributed by atoms with Crippen LogP contribution in [0.25, 0.3) is 0 Å². The van der Waals surface area contributed by atoms with E-state index in [2.05, 4.69) is 31.0 Å². The van der Waals surface area contributed by atoms with Crippen molar-refractivity contribution in [1.29, 1.82) is 0 Å². The Labute approximate surface area is 127 Å². The number of aliphatic hydroxyl groups excluding tert-OH is 1. The van der Waals surface area contributed by atoms with E-state index in [1.165, 1.54) is 0 Å². The average Bonchev–Trinajstić information content (AvgIpc) is 2.52. The largest absolute Gasteiger partial charge is 0.384 e. The van der Waals surface area contributed by atoms with Gasteiger partial charge in [0.05, 0.1) is 0 Å². The van der Waals surface area contributed by atoms with Gasteiger partial charge in [-0.15, -0.1) is 0 Å². The normalized spacial score (nSPS) is 11.4. The van der Waals surface area contributed by atoms with Crippen molar-refractivity contribution in [1.82, 2.24) is 5.32 Å². The molecule has 0 saturated heterocycles. The van der Waals surface area contributed by atoms with Crippen LogP contribution in [-0.2, 0) is 11.3 Å². The second-order valence-corrected chi connectivity index (χ2v) is 5.13.